The Morgan fingerprint density at radius 3 is 2.37 bits per heavy atom. The third-order valence-electron chi connectivity index (χ3n) is 7.29. The quantitative estimate of drug-likeness (QED) is 0.363. The Morgan fingerprint density at radius 1 is 0.895 bits per heavy atom. The van der Waals surface area contributed by atoms with E-state index < -0.39 is 21.3 Å². The van der Waals surface area contributed by atoms with Crippen LogP contribution in [0.1, 0.15) is 17.5 Å². The molecule has 38 heavy (non-hydrogen) atoms. The van der Waals surface area contributed by atoms with Gasteiger partial charge in [0.15, 0.2) is 0 Å². The van der Waals surface area contributed by atoms with Crippen LogP contribution < -0.4 is 16.1 Å². The smallest absolute Gasteiger partial charge is 0.330 e. The normalized spacial score (nSPS) is 13.4. The summed E-state index contributed by atoms with van der Waals surface area (Å²) in [5, 5.41) is 0.839. The largest absolute Gasteiger partial charge is 0.341 e. The molecule has 1 aliphatic heterocycles. The number of sulfonamides is 1. The summed E-state index contributed by atoms with van der Waals surface area (Å²) in [5.74, 6) is 0. The summed E-state index contributed by atoms with van der Waals surface area (Å²) >= 11 is 6.36. The van der Waals surface area contributed by atoms with Crippen molar-refractivity contribution in [2.24, 2.45) is 14.1 Å². The second kappa shape index (κ2) is 10.1. The number of aromatic nitrogens is 2. The molecule has 0 aliphatic carbocycles. The van der Waals surface area contributed by atoms with E-state index in [1.54, 1.807) is 14.1 Å². The van der Waals surface area contributed by atoms with Gasteiger partial charge in [-0.3, -0.25) is 13.9 Å². The molecule has 4 aromatic rings. The lowest BCUT2D eigenvalue weighted by atomic mass is 10.0. The maximum atomic E-state index is 13.4. The highest BCUT2D eigenvalue weighted by Gasteiger charge is 2.24. The molecule has 5 rings (SSSR count). The number of benzene rings is 3. The lowest BCUT2D eigenvalue weighted by Gasteiger charge is -2.28. The van der Waals surface area contributed by atoms with Crippen LogP contribution in [-0.2, 0) is 37.0 Å². The standard InChI is InChI=1S/C28H29ClN4O4S/c1-30(38(36,37)22-13-14-25-23(18-22)27(34)32(3)28(35)31(25)2)15-6-16-33-24-8-5-4-7-19(24)9-10-20-11-12-21(29)17-26(20)33/h4-5,7-8,11-14,17-18H,6,9-10,15-16H2,1-3H3. The minimum Gasteiger partial charge on any atom is -0.341 e. The number of hydrogen-bond donors (Lipinski definition) is 0. The first-order valence-corrected chi connectivity index (χ1v) is 14.2. The fraction of sp³-hybridized carbons (Fsp3) is 0.286. The first kappa shape index (κ1) is 26.2. The zero-order valence-electron chi connectivity index (χ0n) is 21.5. The van der Waals surface area contributed by atoms with Gasteiger partial charge in [0, 0.05) is 50.6 Å². The Morgan fingerprint density at radius 2 is 1.61 bits per heavy atom. The van der Waals surface area contributed by atoms with Crippen molar-refractivity contribution in [1.82, 2.24) is 13.4 Å². The van der Waals surface area contributed by atoms with E-state index in [1.165, 1.54) is 45.2 Å². The van der Waals surface area contributed by atoms with Gasteiger partial charge >= 0.3 is 5.69 Å². The van der Waals surface area contributed by atoms with Crippen LogP contribution in [0.15, 0.2) is 75.1 Å². The van der Waals surface area contributed by atoms with E-state index in [9.17, 15) is 18.0 Å². The number of rotatable bonds is 6. The molecule has 0 saturated carbocycles. The lowest BCUT2D eigenvalue weighted by molar-refractivity contribution is 0.463. The minimum atomic E-state index is -3.86. The van der Waals surface area contributed by atoms with Gasteiger partial charge in [-0.25, -0.2) is 17.5 Å². The molecule has 0 amide bonds. The number of nitrogens with zero attached hydrogens (tertiary/aromatic N) is 4. The van der Waals surface area contributed by atoms with Crippen molar-refractivity contribution in [2.45, 2.75) is 24.2 Å². The van der Waals surface area contributed by atoms with Crippen molar-refractivity contribution >= 4 is 43.9 Å². The van der Waals surface area contributed by atoms with Crippen molar-refractivity contribution in [3.8, 4) is 0 Å². The summed E-state index contributed by atoms with van der Waals surface area (Å²) in [6.45, 7) is 0.880. The number of para-hydroxylation sites is 1. The molecule has 3 aromatic carbocycles. The number of halogens is 1. The molecule has 2 heterocycles. The maximum Gasteiger partial charge on any atom is 0.330 e. The van der Waals surface area contributed by atoms with Gasteiger partial charge in [0.1, 0.15) is 0 Å². The van der Waals surface area contributed by atoms with Crippen molar-refractivity contribution < 1.29 is 8.42 Å². The van der Waals surface area contributed by atoms with Gasteiger partial charge in [-0.2, -0.15) is 0 Å². The van der Waals surface area contributed by atoms with Gasteiger partial charge < -0.3 is 4.90 Å². The molecule has 0 radical (unpaired) electrons. The summed E-state index contributed by atoms with van der Waals surface area (Å²) in [6, 6.07) is 18.5. The third kappa shape index (κ3) is 4.55. The molecular weight excluding hydrogens is 524 g/mol. The molecule has 198 valence electrons. The monoisotopic (exact) mass is 552 g/mol. The predicted molar refractivity (Wildman–Crippen MR) is 151 cm³/mol. The van der Waals surface area contributed by atoms with Gasteiger partial charge in [-0.1, -0.05) is 35.9 Å². The maximum absolute atomic E-state index is 13.4. The van der Waals surface area contributed by atoms with E-state index in [1.807, 2.05) is 24.3 Å². The third-order valence-corrected chi connectivity index (χ3v) is 9.37. The van der Waals surface area contributed by atoms with Crippen molar-refractivity contribution in [2.75, 3.05) is 25.0 Å². The number of aryl methyl sites for hydroxylation is 3. The van der Waals surface area contributed by atoms with E-state index in [0.29, 0.717) is 23.5 Å². The summed E-state index contributed by atoms with van der Waals surface area (Å²) < 4.78 is 30.5. The molecular formula is C28H29ClN4O4S. The Kier molecular flexibility index (Phi) is 6.94. The fourth-order valence-electron chi connectivity index (χ4n) is 5.11. The van der Waals surface area contributed by atoms with Crippen LogP contribution in [0.5, 0.6) is 0 Å². The Labute approximate surface area is 226 Å². The van der Waals surface area contributed by atoms with Crippen LogP contribution in [0, 0.1) is 0 Å². The van der Waals surface area contributed by atoms with Crippen LogP contribution in [0.4, 0.5) is 11.4 Å². The predicted octanol–water partition coefficient (Wildman–Crippen LogP) is 3.84. The molecule has 8 nitrogen and oxygen atoms in total. The molecule has 0 saturated heterocycles. The van der Waals surface area contributed by atoms with Gasteiger partial charge in [0.2, 0.25) is 10.0 Å². The minimum absolute atomic E-state index is 0.0143. The van der Waals surface area contributed by atoms with Crippen LogP contribution in [-0.4, -0.2) is 42.0 Å². The zero-order chi connectivity index (χ0) is 27.2. The zero-order valence-corrected chi connectivity index (χ0v) is 23.1. The summed E-state index contributed by atoms with van der Waals surface area (Å²) in [4.78, 5) is 27.1. The summed E-state index contributed by atoms with van der Waals surface area (Å²) in [7, 11) is 0.609. The Balaban J connectivity index is 1.40. The second-order valence-electron chi connectivity index (χ2n) is 9.62. The highest BCUT2D eigenvalue weighted by Crippen LogP contribution is 2.37. The average Bonchev–Trinajstić information content (AvgIpc) is 3.07. The van der Waals surface area contributed by atoms with E-state index >= 15 is 0 Å². The van der Waals surface area contributed by atoms with E-state index in [2.05, 4.69) is 23.1 Å². The summed E-state index contributed by atoms with van der Waals surface area (Å²) in [5.41, 5.74) is 4.00. The van der Waals surface area contributed by atoms with Gasteiger partial charge in [-0.05, 0) is 66.8 Å². The fourth-order valence-corrected chi connectivity index (χ4v) is 6.51. The topological polar surface area (TPSA) is 84.6 Å². The molecule has 0 unspecified atom stereocenters. The van der Waals surface area contributed by atoms with E-state index in [0.717, 1.165) is 28.8 Å². The SMILES string of the molecule is CN(CCCN1c2ccccc2CCc2ccc(Cl)cc21)S(=O)(=O)c1ccc2c(c1)c(=O)n(C)c(=O)n2C. The van der Waals surface area contributed by atoms with Gasteiger partial charge in [0.25, 0.3) is 5.56 Å². The summed E-state index contributed by atoms with van der Waals surface area (Å²) in [6.07, 6.45) is 2.39. The van der Waals surface area contributed by atoms with Crippen molar-refractivity contribution in [3.05, 3.63) is 97.7 Å². The Hall–Kier alpha value is -3.40. The highest BCUT2D eigenvalue weighted by atomic mass is 35.5. The van der Waals surface area contributed by atoms with Crippen LogP contribution in [0.3, 0.4) is 0 Å². The molecule has 10 heteroatoms. The molecule has 0 fully saturated rings. The van der Waals surface area contributed by atoms with E-state index in [-0.39, 0.29) is 16.8 Å². The first-order chi connectivity index (χ1) is 18.1. The van der Waals surface area contributed by atoms with Crippen LogP contribution in [0.25, 0.3) is 10.9 Å². The number of hydrogen-bond acceptors (Lipinski definition) is 5. The van der Waals surface area contributed by atoms with Gasteiger partial charge in [-0.15, -0.1) is 0 Å². The first-order valence-electron chi connectivity index (χ1n) is 12.4. The van der Waals surface area contributed by atoms with Crippen LogP contribution in [0.2, 0.25) is 5.02 Å². The average molecular weight is 553 g/mol. The number of fused-ring (bicyclic) bond motifs is 3. The molecule has 1 aliphatic rings. The lowest BCUT2D eigenvalue weighted by Crippen LogP contribution is -2.37. The molecule has 0 atom stereocenters. The Bertz CT molecular complexity index is 1780. The van der Waals surface area contributed by atoms with Crippen molar-refractivity contribution in [1.29, 1.82) is 0 Å². The van der Waals surface area contributed by atoms with Crippen LogP contribution >= 0.6 is 11.6 Å². The highest BCUT2D eigenvalue weighted by molar-refractivity contribution is 7.89. The number of anilines is 2. The van der Waals surface area contributed by atoms with E-state index in [4.69, 9.17) is 11.6 Å². The second-order valence-corrected chi connectivity index (χ2v) is 12.1. The van der Waals surface area contributed by atoms with Crippen molar-refractivity contribution in [3.63, 3.8) is 0 Å². The molecule has 0 N–H and O–H groups in total. The molecule has 0 bridgehead atoms. The van der Waals surface area contributed by atoms with Gasteiger partial charge in [0.05, 0.1) is 15.8 Å². The molecule has 0 spiro atoms. The molecule has 1 aromatic heterocycles.